The van der Waals surface area contributed by atoms with Gasteiger partial charge in [-0.15, -0.1) is 0 Å². The van der Waals surface area contributed by atoms with E-state index in [1.54, 1.807) is 4.90 Å². The van der Waals surface area contributed by atoms with Crippen LogP contribution in [0.15, 0.2) is 4.52 Å². The number of aromatic nitrogens is 1. The van der Waals surface area contributed by atoms with Crippen LogP contribution in [0, 0.1) is 19.8 Å². The monoisotopic (exact) mass is 362 g/mol. The van der Waals surface area contributed by atoms with Crippen molar-refractivity contribution in [2.45, 2.75) is 71.0 Å². The molecule has 1 aromatic rings. The van der Waals surface area contributed by atoms with E-state index < -0.39 is 0 Å². The van der Waals surface area contributed by atoms with Crippen molar-refractivity contribution in [3.63, 3.8) is 0 Å². The second kappa shape index (κ2) is 8.20. The molecule has 144 valence electrons. The van der Waals surface area contributed by atoms with E-state index in [0.29, 0.717) is 25.6 Å². The summed E-state index contributed by atoms with van der Waals surface area (Å²) in [5, 5.41) is 10.6. The molecule has 0 radical (unpaired) electrons. The Hall–Kier alpha value is -1.89. The first kappa shape index (κ1) is 18.9. The molecule has 3 rings (SSSR count). The van der Waals surface area contributed by atoms with E-state index in [9.17, 15) is 9.59 Å². The Bertz CT molecular complexity index is 634. The van der Waals surface area contributed by atoms with E-state index in [1.807, 2.05) is 20.9 Å². The molecule has 0 bridgehead atoms. The van der Waals surface area contributed by atoms with Crippen LogP contribution in [0.1, 0.15) is 55.5 Å². The van der Waals surface area contributed by atoms with Gasteiger partial charge in [-0.05, 0) is 39.5 Å². The molecule has 1 saturated carbocycles. The number of amides is 2. The van der Waals surface area contributed by atoms with Gasteiger partial charge in [0, 0.05) is 50.1 Å². The van der Waals surface area contributed by atoms with Gasteiger partial charge in [0.15, 0.2) is 0 Å². The molecule has 1 saturated heterocycles. The molecule has 1 aliphatic carbocycles. The Balaban J connectivity index is 1.58. The third-order valence-electron chi connectivity index (χ3n) is 5.49. The molecule has 2 heterocycles. The molecule has 2 fully saturated rings. The first-order valence-corrected chi connectivity index (χ1v) is 9.63. The van der Waals surface area contributed by atoms with Crippen LogP contribution in [-0.2, 0) is 16.1 Å². The van der Waals surface area contributed by atoms with Gasteiger partial charge < -0.3 is 20.1 Å². The molecule has 2 atom stereocenters. The Labute approximate surface area is 154 Å². The molecule has 2 amide bonds. The molecular weight excluding hydrogens is 332 g/mol. The molecule has 7 nitrogen and oxygen atoms in total. The lowest BCUT2D eigenvalue weighted by Crippen LogP contribution is -2.42. The summed E-state index contributed by atoms with van der Waals surface area (Å²) in [5.74, 6) is 0.731. The van der Waals surface area contributed by atoms with E-state index >= 15 is 0 Å². The lowest BCUT2D eigenvalue weighted by atomic mass is 9.96. The molecule has 0 spiro atoms. The van der Waals surface area contributed by atoms with E-state index in [0.717, 1.165) is 49.1 Å². The molecule has 2 N–H and O–H groups in total. The van der Waals surface area contributed by atoms with Crippen LogP contribution in [0.5, 0.6) is 0 Å². The molecule has 2 aliphatic rings. The Morgan fingerprint density at radius 3 is 2.65 bits per heavy atom. The lowest BCUT2D eigenvalue weighted by molar-refractivity contribution is -0.135. The Kier molecular flexibility index (Phi) is 5.96. The first-order chi connectivity index (χ1) is 12.4. The van der Waals surface area contributed by atoms with Crippen LogP contribution in [0.2, 0.25) is 0 Å². The number of aryl methyl sites for hydroxylation is 2. The molecule has 0 unspecified atom stereocenters. The highest BCUT2D eigenvalue weighted by Crippen LogP contribution is 2.23. The second-order valence-corrected chi connectivity index (χ2v) is 7.77. The van der Waals surface area contributed by atoms with Gasteiger partial charge in [-0.3, -0.25) is 9.59 Å². The number of carbonyl (C=O) groups is 2. The fourth-order valence-corrected chi connectivity index (χ4v) is 3.54. The molecule has 0 aromatic carbocycles. The number of carbonyl (C=O) groups excluding carboxylic acids is 2. The fourth-order valence-electron chi connectivity index (χ4n) is 3.54. The van der Waals surface area contributed by atoms with Crippen LogP contribution in [0.3, 0.4) is 0 Å². The molecule has 1 aliphatic heterocycles. The quantitative estimate of drug-likeness (QED) is 0.832. The average Bonchev–Trinajstić information content (AvgIpc) is 3.34. The summed E-state index contributed by atoms with van der Waals surface area (Å²) in [5.41, 5.74) is 1.99. The molecule has 7 heteroatoms. The van der Waals surface area contributed by atoms with Crippen molar-refractivity contribution < 1.29 is 14.1 Å². The van der Waals surface area contributed by atoms with Crippen LogP contribution in [0.25, 0.3) is 0 Å². The van der Waals surface area contributed by atoms with Gasteiger partial charge in [0.2, 0.25) is 11.8 Å². The van der Waals surface area contributed by atoms with Crippen molar-refractivity contribution in [2.24, 2.45) is 5.92 Å². The van der Waals surface area contributed by atoms with Crippen molar-refractivity contribution >= 4 is 11.8 Å². The van der Waals surface area contributed by atoms with Gasteiger partial charge in [-0.2, -0.15) is 0 Å². The number of hydrogen-bond donors (Lipinski definition) is 2. The highest BCUT2D eigenvalue weighted by molar-refractivity contribution is 5.86. The second-order valence-electron chi connectivity index (χ2n) is 7.77. The predicted octanol–water partition coefficient (Wildman–Crippen LogP) is 1.68. The normalized spacial score (nSPS) is 24.7. The summed E-state index contributed by atoms with van der Waals surface area (Å²) in [6, 6.07) is 0.537. The van der Waals surface area contributed by atoms with Gasteiger partial charge in [0.05, 0.1) is 5.69 Å². The van der Waals surface area contributed by atoms with Gasteiger partial charge >= 0.3 is 0 Å². The number of likely N-dealkylation sites (N-methyl/N-ethyl adjacent to an activating group) is 1. The topological polar surface area (TPSA) is 87.5 Å². The summed E-state index contributed by atoms with van der Waals surface area (Å²) >= 11 is 0. The Morgan fingerprint density at radius 1 is 1.23 bits per heavy atom. The zero-order valence-corrected chi connectivity index (χ0v) is 16.0. The minimum Gasteiger partial charge on any atom is -0.361 e. The van der Waals surface area contributed by atoms with Gasteiger partial charge in [-0.25, -0.2) is 0 Å². The number of hydrogen-bond acceptors (Lipinski definition) is 5. The largest absolute Gasteiger partial charge is 0.361 e. The Morgan fingerprint density at radius 2 is 2.00 bits per heavy atom. The van der Waals surface area contributed by atoms with Gasteiger partial charge in [0.1, 0.15) is 5.76 Å². The zero-order chi connectivity index (χ0) is 18.7. The average molecular weight is 362 g/mol. The summed E-state index contributed by atoms with van der Waals surface area (Å²) in [7, 11) is 1.83. The van der Waals surface area contributed by atoms with Gasteiger partial charge in [0.25, 0.3) is 0 Å². The maximum Gasteiger partial charge on any atom is 0.223 e. The maximum atomic E-state index is 12.5. The summed E-state index contributed by atoms with van der Waals surface area (Å²) in [6.45, 7) is 5.19. The van der Waals surface area contributed by atoms with Crippen LogP contribution < -0.4 is 10.6 Å². The SMILES string of the molecule is Cc1noc(C)c1CN[C@@H]1CCC[C@@H](C(=O)NC2CC2)CC(=O)N(C)C1. The van der Waals surface area contributed by atoms with Crippen molar-refractivity contribution in [2.75, 3.05) is 13.6 Å². The third kappa shape index (κ3) is 4.84. The minimum atomic E-state index is -0.202. The van der Waals surface area contributed by atoms with Crippen LogP contribution in [0.4, 0.5) is 0 Å². The lowest BCUT2D eigenvalue weighted by Gasteiger charge is -2.24. The fraction of sp³-hybridized carbons (Fsp3) is 0.737. The first-order valence-electron chi connectivity index (χ1n) is 9.63. The summed E-state index contributed by atoms with van der Waals surface area (Å²) in [6.07, 6.45) is 5.09. The number of rotatable bonds is 5. The standard InChI is InChI=1S/C19H30N4O3/c1-12-17(13(2)26-22-12)10-20-16-6-4-5-14(9-18(24)23(3)11-16)19(25)21-15-7-8-15/h14-16,20H,4-11H2,1-3H3,(H,21,25)/t14-,16-/m1/s1. The summed E-state index contributed by atoms with van der Waals surface area (Å²) < 4.78 is 5.22. The van der Waals surface area contributed by atoms with Crippen molar-refractivity contribution in [3.05, 3.63) is 17.0 Å². The molecule has 1 aromatic heterocycles. The van der Waals surface area contributed by atoms with E-state index in [2.05, 4.69) is 15.8 Å². The van der Waals surface area contributed by atoms with Crippen LogP contribution in [-0.4, -0.2) is 47.5 Å². The minimum absolute atomic E-state index is 0.0481. The highest BCUT2D eigenvalue weighted by Gasteiger charge is 2.30. The molecular formula is C19H30N4O3. The summed E-state index contributed by atoms with van der Waals surface area (Å²) in [4.78, 5) is 26.7. The zero-order valence-electron chi connectivity index (χ0n) is 16.0. The smallest absolute Gasteiger partial charge is 0.223 e. The molecule has 26 heavy (non-hydrogen) atoms. The highest BCUT2D eigenvalue weighted by atomic mass is 16.5. The van der Waals surface area contributed by atoms with E-state index in [-0.39, 0.29) is 23.8 Å². The number of nitrogens with zero attached hydrogens (tertiary/aromatic N) is 2. The maximum absolute atomic E-state index is 12.5. The van der Waals surface area contributed by atoms with Crippen LogP contribution >= 0.6 is 0 Å². The third-order valence-corrected chi connectivity index (χ3v) is 5.49. The van der Waals surface area contributed by atoms with Crippen molar-refractivity contribution in [1.82, 2.24) is 20.7 Å². The van der Waals surface area contributed by atoms with E-state index in [4.69, 9.17) is 4.52 Å². The van der Waals surface area contributed by atoms with Crippen molar-refractivity contribution in [3.8, 4) is 0 Å². The van der Waals surface area contributed by atoms with Gasteiger partial charge in [-0.1, -0.05) is 11.6 Å². The van der Waals surface area contributed by atoms with Crippen molar-refractivity contribution in [1.29, 1.82) is 0 Å². The predicted molar refractivity (Wildman–Crippen MR) is 97.4 cm³/mol. The van der Waals surface area contributed by atoms with E-state index in [1.165, 1.54) is 0 Å². The number of nitrogens with one attached hydrogen (secondary N) is 2.